The second-order valence-electron chi connectivity index (χ2n) is 7.20. The van der Waals surface area contributed by atoms with Gasteiger partial charge in [0.2, 0.25) is 5.95 Å². The van der Waals surface area contributed by atoms with Crippen LogP contribution < -0.4 is 4.90 Å². The minimum Gasteiger partial charge on any atom is -0.377 e. The first-order valence-corrected chi connectivity index (χ1v) is 9.57. The van der Waals surface area contributed by atoms with Crippen LogP contribution in [0, 0.1) is 0 Å². The number of imidazole rings is 1. The third kappa shape index (κ3) is 2.46. The van der Waals surface area contributed by atoms with Gasteiger partial charge in [-0.3, -0.25) is 9.36 Å². The molecular weight excluding hydrogens is 354 g/mol. The number of anilines is 1. The van der Waals surface area contributed by atoms with Crippen LogP contribution in [-0.4, -0.2) is 50.6 Å². The van der Waals surface area contributed by atoms with Crippen molar-refractivity contribution in [1.82, 2.24) is 19.5 Å². The van der Waals surface area contributed by atoms with E-state index in [1.54, 1.807) is 12.4 Å². The number of aromatic nitrogens is 4. The van der Waals surface area contributed by atoms with E-state index in [1.165, 1.54) is 0 Å². The Balaban J connectivity index is 1.62. The minimum atomic E-state index is -0.617. The zero-order valence-corrected chi connectivity index (χ0v) is 15.7. The van der Waals surface area contributed by atoms with Crippen molar-refractivity contribution < 1.29 is 9.53 Å². The number of morpholine rings is 1. The van der Waals surface area contributed by atoms with Crippen molar-refractivity contribution >= 4 is 11.6 Å². The summed E-state index contributed by atoms with van der Waals surface area (Å²) >= 11 is 0. The smallest absolute Gasteiger partial charge is 0.237 e. The fraction of sp³-hybridized carbons (Fsp3) is 0.333. The molecule has 2 aromatic heterocycles. The van der Waals surface area contributed by atoms with E-state index in [2.05, 4.69) is 14.9 Å². The molecule has 2 aliphatic rings. The molecule has 1 fully saturated rings. The second-order valence-corrected chi connectivity index (χ2v) is 7.20. The highest BCUT2D eigenvalue weighted by molar-refractivity contribution is 5.97. The number of Topliss-reactive ketones (excluding diaryl/α,β-unsaturated/α-hetero) is 1. The standard InChI is InChI=1S/C21H21N5O2/c1-2-21-14-28-11-10-26(21)19-16(12-17(21)27)13-23-20(24-19)25-9-8-22-18(25)15-6-4-3-5-7-15/h3-9,13H,2,10-12,14H2,1H3/t21-/m0/s1. The maximum Gasteiger partial charge on any atom is 0.237 e. The van der Waals surface area contributed by atoms with E-state index in [1.807, 2.05) is 48.0 Å². The molecule has 28 heavy (non-hydrogen) atoms. The predicted molar refractivity (Wildman–Crippen MR) is 104 cm³/mol. The molecule has 142 valence electrons. The van der Waals surface area contributed by atoms with Crippen LogP contribution in [0.1, 0.15) is 18.9 Å². The Labute approximate surface area is 163 Å². The van der Waals surface area contributed by atoms with E-state index in [4.69, 9.17) is 9.72 Å². The van der Waals surface area contributed by atoms with Crippen molar-refractivity contribution in [2.24, 2.45) is 0 Å². The molecule has 3 aromatic rings. The highest BCUT2D eigenvalue weighted by Gasteiger charge is 2.49. The van der Waals surface area contributed by atoms with Gasteiger partial charge < -0.3 is 9.64 Å². The molecule has 0 N–H and O–H groups in total. The quantitative estimate of drug-likeness (QED) is 0.700. The lowest BCUT2D eigenvalue weighted by Gasteiger charge is -2.49. The Morgan fingerprint density at radius 3 is 2.89 bits per heavy atom. The van der Waals surface area contributed by atoms with Gasteiger partial charge in [-0.15, -0.1) is 0 Å². The van der Waals surface area contributed by atoms with Crippen LogP contribution in [0.3, 0.4) is 0 Å². The van der Waals surface area contributed by atoms with Crippen LogP contribution in [0.25, 0.3) is 17.3 Å². The number of hydrogen-bond acceptors (Lipinski definition) is 6. The average molecular weight is 375 g/mol. The number of ether oxygens (including phenoxy) is 1. The van der Waals surface area contributed by atoms with Crippen molar-refractivity contribution in [2.75, 3.05) is 24.7 Å². The van der Waals surface area contributed by atoms with Crippen LogP contribution in [0.4, 0.5) is 5.82 Å². The second kappa shape index (κ2) is 6.53. The van der Waals surface area contributed by atoms with Crippen molar-refractivity contribution in [3.8, 4) is 17.3 Å². The zero-order valence-electron chi connectivity index (χ0n) is 15.7. The molecule has 2 aliphatic heterocycles. The van der Waals surface area contributed by atoms with E-state index in [0.29, 0.717) is 38.5 Å². The molecule has 7 nitrogen and oxygen atoms in total. The summed E-state index contributed by atoms with van der Waals surface area (Å²) in [5.41, 5.74) is 1.26. The largest absolute Gasteiger partial charge is 0.377 e. The van der Waals surface area contributed by atoms with Crippen molar-refractivity contribution in [3.05, 3.63) is 54.5 Å². The Morgan fingerprint density at radius 2 is 2.07 bits per heavy atom. The average Bonchev–Trinajstić information content (AvgIpc) is 3.24. The topological polar surface area (TPSA) is 73.1 Å². The molecule has 7 heteroatoms. The molecule has 0 bridgehead atoms. The number of carbonyl (C=O) groups is 1. The molecule has 0 amide bonds. The molecule has 1 atom stereocenters. The van der Waals surface area contributed by atoms with Crippen LogP contribution in [0.2, 0.25) is 0 Å². The SMILES string of the molecule is CC[C@@]12COCCN1c1nc(-n3ccnc3-c3ccccc3)ncc1CC2=O. The molecule has 0 spiro atoms. The molecule has 0 unspecified atom stereocenters. The fourth-order valence-electron chi connectivity index (χ4n) is 4.18. The van der Waals surface area contributed by atoms with E-state index < -0.39 is 5.54 Å². The van der Waals surface area contributed by atoms with Gasteiger partial charge in [-0.2, -0.15) is 4.98 Å². The number of nitrogens with zero attached hydrogens (tertiary/aromatic N) is 5. The maximum absolute atomic E-state index is 12.9. The molecular formula is C21H21N5O2. The minimum absolute atomic E-state index is 0.186. The fourth-order valence-corrected chi connectivity index (χ4v) is 4.18. The van der Waals surface area contributed by atoms with Crippen LogP contribution in [-0.2, 0) is 16.0 Å². The molecule has 5 rings (SSSR count). The van der Waals surface area contributed by atoms with Gasteiger partial charge in [0.25, 0.3) is 0 Å². The highest BCUT2D eigenvalue weighted by Crippen LogP contribution is 2.37. The molecule has 0 radical (unpaired) electrons. The zero-order chi connectivity index (χ0) is 19.1. The van der Waals surface area contributed by atoms with Crippen molar-refractivity contribution in [2.45, 2.75) is 25.3 Å². The molecule has 0 saturated carbocycles. The Bertz CT molecular complexity index is 1030. The van der Waals surface area contributed by atoms with Gasteiger partial charge in [0.15, 0.2) is 5.78 Å². The van der Waals surface area contributed by atoms with Gasteiger partial charge in [-0.05, 0) is 6.42 Å². The number of carbonyl (C=O) groups excluding carboxylic acids is 1. The van der Waals surface area contributed by atoms with Crippen LogP contribution in [0.5, 0.6) is 0 Å². The van der Waals surface area contributed by atoms with E-state index in [-0.39, 0.29) is 5.78 Å². The van der Waals surface area contributed by atoms with Crippen LogP contribution >= 0.6 is 0 Å². The van der Waals surface area contributed by atoms with E-state index in [0.717, 1.165) is 22.8 Å². The summed E-state index contributed by atoms with van der Waals surface area (Å²) in [6.45, 7) is 3.70. The lowest BCUT2D eigenvalue weighted by atomic mass is 9.82. The van der Waals surface area contributed by atoms with Gasteiger partial charge in [0, 0.05) is 42.7 Å². The molecule has 1 aromatic carbocycles. The Morgan fingerprint density at radius 1 is 1.21 bits per heavy atom. The number of hydrogen-bond donors (Lipinski definition) is 0. The Kier molecular flexibility index (Phi) is 3.98. The monoisotopic (exact) mass is 375 g/mol. The summed E-state index contributed by atoms with van der Waals surface area (Å²) in [7, 11) is 0. The van der Waals surface area contributed by atoms with E-state index >= 15 is 0 Å². The van der Waals surface area contributed by atoms with E-state index in [9.17, 15) is 4.79 Å². The first-order valence-electron chi connectivity index (χ1n) is 9.57. The summed E-state index contributed by atoms with van der Waals surface area (Å²) in [6.07, 6.45) is 6.44. The van der Waals surface area contributed by atoms with Gasteiger partial charge in [0.05, 0.1) is 13.2 Å². The molecule has 0 aliphatic carbocycles. The third-order valence-corrected chi connectivity index (χ3v) is 5.74. The van der Waals surface area contributed by atoms with Crippen LogP contribution in [0.15, 0.2) is 48.9 Å². The van der Waals surface area contributed by atoms with Gasteiger partial charge in [0.1, 0.15) is 17.2 Å². The number of benzene rings is 1. The lowest BCUT2D eigenvalue weighted by Crippen LogP contribution is -2.64. The molecule has 4 heterocycles. The molecule has 1 saturated heterocycles. The van der Waals surface area contributed by atoms with Gasteiger partial charge in [-0.25, -0.2) is 9.97 Å². The summed E-state index contributed by atoms with van der Waals surface area (Å²) in [5.74, 6) is 2.37. The first-order chi connectivity index (χ1) is 13.7. The number of fused-ring (bicyclic) bond motifs is 3. The highest BCUT2D eigenvalue weighted by atomic mass is 16.5. The maximum atomic E-state index is 12.9. The summed E-state index contributed by atoms with van der Waals surface area (Å²) in [5, 5.41) is 0. The van der Waals surface area contributed by atoms with Gasteiger partial charge in [-0.1, -0.05) is 37.3 Å². The lowest BCUT2D eigenvalue weighted by molar-refractivity contribution is -0.128. The summed E-state index contributed by atoms with van der Waals surface area (Å²) in [6, 6.07) is 9.97. The normalized spacial score (nSPS) is 21.3. The summed E-state index contributed by atoms with van der Waals surface area (Å²) < 4.78 is 7.57. The summed E-state index contributed by atoms with van der Waals surface area (Å²) in [4.78, 5) is 29.0. The number of ketones is 1. The van der Waals surface area contributed by atoms with Crippen molar-refractivity contribution in [1.29, 1.82) is 0 Å². The predicted octanol–water partition coefficient (Wildman–Crippen LogP) is 2.44. The van der Waals surface area contributed by atoms with Crippen molar-refractivity contribution in [3.63, 3.8) is 0 Å². The van der Waals surface area contributed by atoms with Gasteiger partial charge >= 0.3 is 0 Å². The third-order valence-electron chi connectivity index (χ3n) is 5.74. The first kappa shape index (κ1) is 17.1. The Hall–Kier alpha value is -3.06. The number of rotatable bonds is 3.